The molecule has 2 aromatic carbocycles. The molecule has 0 spiro atoms. The fourth-order valence-electron chi connectivity index (χ4n) is 2.58. The summed E-state index contributed by atoms with van der Waals surface area (Å²) in [5, 5.41) is 5.08. The molecule has 2 amide bonds. The minimum atomic E-state index is -0.628. The van der Waals surface area contributed by atoms with Gasteiger partial charge < -0.3 is 19.9 Å². The lowest BCUT2D eigenvalue weighted by Gasteiger charge is -2.08. The molecule has 0 atom stereocenters. The molecule has 0 unspecified atom stereocenters. The van der Waals surface area contributed by atoms with Gasteiger partial charge in [0.2, 0.25) is 5.91 Å². The van der Waals surface area contributed by atoms with Crippen LogP contribution in [0.5, 0.6) is 0 Å². The normalized spacial score (nSPS) is 10.5. The van der Waals surface area contributed by atoms with Gasteiger partial charge in [-0.25, -0.2) is 9.78 Å². The number of rotatable bonds is 6. The number of imidazole rings is 1. The Morgan fingerprint density at radius 1 is 1.04 bits per heavy atom. The van der Waals surface area contributed by atoms with Crippen LogP contribution in [0.2, 0.25) is 0 Å². The summed E-state index contributed by atoms with van der Waals surface area (Å²) >= 11 is 0. The number of para-hydroxylation sites is 2. The first-order valence-electron chi connectivity index (χ1n) is 8.22. The highest BCUT2D eigenvalue weighted by atomic mass is 16.5. The molecule has 1 heterocycles. The lowest BCUT2D eigenvalue weighted by Crippen LogP contribution is -2.36. The number of carbonyl (C=O) groups is 2. The van der Waals surface area contributed by atoms with E-state index in [1.54, 1.807) is 0 Å². The Morgan fingerprint density at radius 3 is 2.54 bits per heavy atom. The van der Waals surface area contributed by atoms with Crippen LogP contribution in [0.25, 0.3) is 11.0 Å². The third kappa shape index (κ3) is 4.38. The maximum absolute atomic E-state index is 11.6. The highest BCUT2D eigenvalue weighted by Gasteiger charge is 2.05. The average Bonchev–Trinajstić information content (AvgIpc) is 3.08. The number of hydrogen-bond acceptors (Lipinski definition) is 4. The van der Waals surface area contributed by atoms with Crippen LogP contribution >= 0.6 is 0 Å². The zero-order valence-electron chi connectivity index (χ0n) is 14.4. The van der Waals surface area contributed by atoms with E-state index in [0.29, 0.717) is 6.54 Å². The predicted octanol–water partition coefficient (Wildman–Crippen LogP) is 2.06. The third-order valence-corrected chi connectivity index (χ3v) is 3.97. The van der Waals surface area contributed by atoms with E-state index in [4.69, 9.17) is 0 Å². The number of nitrogens with one attached hydrogen (secondary N) is 2. The molecular weight excluding hydrogens is 332 g/mol. The minimum Gasteiger partial charge on any atom is -0.453 e. The quantitative estimate of drug-likeness (QED) is 0.711. The third-order valence-electron chi connectivity index (χ3n) is 3.97. The van der Waals surface area contributed by atoms with Crippen molar-refractivity contribution in [3.63, 3.8) is 0 Å². The molecule has 0 bridgehead atoms. The molecule has 0 saturated carbocycles. The van der Waals surface area contributed by atoms with E-state index in [9.17, 15) is 9.59 Å². The van der Waals surface area contributed by atoms with Gasteiger partial charge in [0.15, 0.2) is 0 Å². The fourth-order valence-corrected chi connectivity index (χ4v) is 2.58. The van der Waals surface area contributed by atoms with Gasteiger partial charge in [0.1, 0.15) is 6.54 Å². The van der Waals surface area contributed by atoms with Crippen molar-refractivity contribution < 1.29 is 14.3 Å². The number of hydrogen-bond donors (Lipinski definition) is 2. The molecule has 3 aromatic rings. The first kappa shape index (κ1) is 17.5. The Labute approximate surface area is 151 Å². The summed E-state index contributed by atoms with van der Waals surface area (Å²) in [6, 6.07) is 16.0. The second kappa shape index (κ2) is 8.15. The molecule has 0 aliphatic heterocycles. The van der Waals surface area contributed by atoms with Crippen molar-refractivity contribution in [3.8, 4) is 0 Å². The Morgan fingerprint density at radius 2 is 1.77 bits per heavy atom. The summed E-state index contributed by atoms with van der Waals surface area (Å²) < 4.78 is 6.51. The van der Waals surface area contributed by atoms with Crippen LogP contribution in [0.4, 0.5) is 4.79 Å². The topological polar surface area (TPSA) is 85.2 Å². The van der Waals surface area contributed by atoms with Crippen LogP contribution in [0, 0.1) is 0 Å². The molecule has 7 nitrogen and oxygen atoms in total. The lowest BCUT2D eigenvalue weighted by molar-refractivity contribution is -0.120. The Bertz CT molecular complexity index is 903. The zero-order chi connectivity index (χ0) is 18.4. The summed E-state index contributed by atoms with van der Waals surface area (Å²) in [6.45, 7) is 1.02. The Balaban J connectivity index is 1.53. The number of methoxy groups -OCH3 is 1. The van der Waals surface area contributed by atoms with Gasteiger partial charge in [-0.15, -0.1) is 0 Å². The van der Waals surface area contributed by atoms with Crippen molar-refractivity contribution in [2.75, 3.05) is 13.7 Å². The number of ether oxygens (including phenoxy) is 1. The van der Waals surface area contributed by atoms with E-state index in [1.807, 2.05) is 48.8 Å². The molecule has 0 radical (unpaired) electrons. The number of alkyl carbamates (subject to hydrolysis) is 1. The first-order chi connectivity index (χ1) is 12.7. The molecule has 2 N–H and O–H groups in total. The van der Waals surface area contributed by atoms with Gasteiger partial charge in [0.05, 0.1) is 24.5 Å². The van der Waals surface area contributed by atoms with Crippen molar-refractivity contribution in [2.24, 2.45) is 0 Å². The van der Waals surface area contributed by atoms with Crippen LogP contribution in [0.1, 0.15) is 11.1 Å². The standard InChI is InChI=1S/C19H20N4O3/c1-26-19(25)21-11-18(24)20-10-14-6-8-15(9-7-14)12-23-13-22-16-4-2-3-5-17(16)23/h2-9,13H,10-12H2,1H3,(H,20,24)(H,21,25). The Kier molecular flexibility index (Phi) is 5.48. The molecule has 0 aliphatic rings. The highest BCUT2D eigenvalue weighted by molar-refractivity contribution is 5.82. The highest BCUT2D eigenvalue weighted by Crippen LogP contribution is 2.14. The molecule has 7 heteroatoms. The van der Waals surface area contributed by atoms with Gasteiger partial charge in [-0.2, -0.15) is 0 Å². The number of aromatic nitrogens is 2. The summed E-state index contributed by atoms with van der Waals surface area (Å²) in [7, 11) is 1.25. The smallest absolute Gasteiger partial charge is 0.407 e. The van der Waals surface area contributed by atoms with Crippen LogP contribution in [0.3, 0.4) is 0 Å². The van der Waals surface area contributed by atoms with E-state index in [-0.39, 0.29) is 12.5 Å². The maximum Gasteiger partial charge on any atom is 0.407 e. The molecular formula is C19H20N4O3. The van der Waals surface area contributed by atoms with Crippen LogP contribution < -0.4 is 10.6 Å². The fraction of sp³-hybridized carbons (Fsp3) is 0.211. The number of benzene rings is 2. The number of fused-ring (bicyclic) bond motifs is 1. The van der Waals surface area contributed by atoms with Crippen molar-refractivity contribution in [3.05, 3.63) is 66.0 Å². The summed E-state index contributed by atoms with van der Waals surface area (Å²) in [6.07, 6.45) is 1.21. The monoisotopic (exact) mass is 352 g/mol. The summed E-state index contributed by atoms with van der Waals surface area (Å²) in [5.41, 5.74) is 4.21. The van der Waals surface area contributed by atoms with E-state index in [0.717, 1.165) is 28.7 Å². The lowest BCUT2D eigenvalue weighted by atomic mass is 10.1. The van der Waals surface area contributed by atoms with Crippen LogP contribution in [0.15, 0.2) is 54.9 Å². The Hall–Kier alpha value is -3.35. The summed E-state index contributed by atoms with van der Waals surface area (Å²) in [4.78, 5) is 27.0. The van der Waals surface area contributed by atoms with Crippen molar-refractivity contribution >= 4 is 23.0 Å². The second-order valence-corrected chi connectivity index (χ2v) is 5.80. The molecule has 3 rings (SSSR count). The molecule has 1 aromatic heterocycles. The van der Waals surface area contributed by atoms with Crippen molar-refractivity contribution in [1.29, 1.82) is 0 Å². The average molecular weight is 352 g/mol. The van der Waals surface area contributed by atoms with Gasteiger partial charge >= 0.3 is 6.09 Å². The van der Waals surface area contributed by atoms with Crippen LogP contribution in [-0.2, 0) is 22.6 Å². The van der Waals surface area contributed by atoms with E-state index < -0.39 is 6.09 Å². The molecule has 26 heavy (non-hydrogen) atoms. The molecule has 0 fully saturated rings. The second-order valence-electron chi connectivity index (χ2n) is 5.80. The number of nitrogens with zero attached hydrogens (tertiary/aromatic N) is 2. The van der Waals surface area contributed by atoms with Crippen LogP contribution in [-0.4, -0.2) is 35.2 Å². The van der Waals surface area contributed by atoms with Gasteiger partial charge in [0.25, 0.3) is 0 Å². The predicted molar refractivity (Wildman–Crippen MR) is 97.5 cm³/mol. The van der Waals surface area contributed by atoms with Gasteiger partial charge in [-0.05, 0) is 23.3 Å². The van der Waals surface area contributed by atoms with Crippen molar-refractivity contribution in [1.82, 2.24) is 20.2 Å². The molecule has 134 valence electrons. The largest absolute Gasteiger partial charge is 0.453 e. The van der Waals surface area contributed by atoms with E-state index >= 15 is 0 Å². The number of amides is 2. The van der Waals surface area contributed by atoms with Gasteiger partial charge in [-0.3, -0.25) is 4.79 Å². The minimum absolute atomic E-state index is 0.113. The number of carbonyl (C=O) groups excluding carboxylic acids is 2. The zero-order valence-corrected chi connectivity index (χ0v) is 14.4. The first-order valence-corrected chi connectivity index (χ1v) is 8.22. The van der Waals surface area contributed by atoms with E-state index in [1.165, 1.54) is 7.11 Å². The van der Waals surface area contributed by atoms with Gasteiger partial charge in [0, 0.05) is 13.1 Å². The molecule has 0 saturated heterocycles. The maximum atomic E-state index is 11.6. The van der Waals surface area contributed by atoms with Crippen molar-refractivity contribution in [2.45, 2.75) is 13.1 Å². The van der Waals surface area contributed by atoms with E-state index in [2.05, 4.69) is 31.0 Å². The SMILES string of the molecule is COC(=O)NCC(=O)NCc1ccc(Cn2cnc3ccccc32)cc1. The van der Waals surface area contributed by atoms with Gasteiger partial charge in [-0.1, -0.05) is 36.4 Å². The molecule has 0 aliphatic carbocycles. The summed E-state index contributed by atoms with van der Waals surface area (Å²) in [5.74, 6) is -0.274.